The minimum absolute atomic E-state index is 0.308. The van der Waals surface area contributed by atoms with E-state index >= 15 is 0 Å². The van der Waals surface area contributed by atoms with Gasteiger partial charge < -0.3 is 9.80 Å². The van der Waals surface area contributed by atoms with Crippen molar-refractivity contribution in [3.63, 3.8) is 0 Å². The van der Waals surface area contributed by atoms with Crippen LogP contribution in [0.2, 0.25) is 0 Å². The van der Waals surface area contributed by atoms with Crippen LogP contribution in [0, 0.1) is 11.8 Å². The van der Waals surface area contributed by atoms with Crippen molar-refractivity contribution in [3.8, 4) is 11.1 Å². The number of anilines is 1. The number of benzene rings is 1. The number of Topliss-reactive ketones (excluding diaryl/α,β-unsaturated/α-hetero) is 1. The predicted octanol–water partition coefficient (Wildman–Crippen LogP) is 4.36. The molecular weight excluding hydrogens is 384 g/mol. The first kappa shape index (κ1) is 20.6. The maximum atomic E-state index is 11.6. The van der Waals surface area contributed by atoms with Crippen molar-refractivity contribution in [1.82, 2.24) is 14.9 Å². The van der Waals surface area contributed by atoms with E-state index in [1.165, 1.54) is 36.8 Å². The second-order valence-electron chi connectivity index (χ2n) is 10.0. The van der Waals surface area contributed by atoms with E-state index < -0.39 is 0 Å². The fourth-order valence-electron chi connectivity index (χ4n) is 5.98. The molecule has 0 radical (unpaired) electrons. The first-order chi connectivity index (χ1) is 15.1. The zero-order valence-electron chi connectivity index (χ0n) is 18.8. The van der Waals surface area contributed by atoms with E-state index in [1.807, 2.05) is 12.4 Å². The lowest BCUT2D eigenvalue weighted by Gasteiger charge is -2.39. The van der Waals surface area contributed by atoms with Crippen LogP contribution in [0.25, 0.3) is 11.1 Å². The van der Waals surface area contributed by atoms with Gasteiger partial charge in [-0.05, 0) is 76.0 Å². The van der Waals surface area contributed by atoms with Crippen LogP contribution in [0.5, 0.6) is 0 Å². The van der Waals surface area contributed by atoms with Gasteiger partial charge in [-0.2, -0.15) is 0 Å². The number of carbonyl (C=O) groups is 1. The summed E-state index contributed by atoms with van der Waals surface area (Å²) in [6.07, 6.45) is 12.1. The summed E-state index contributed by atoms with van der Waals surface area (Å²) in [6, 6.07) is 10.0. The molecule has 1 aromatic carbocycles. The van der Waals surface area contributed by atoms with E-state index in [0.29, 0.717) is 29.7 Å². The van der Waals surface area contributed by atoms with Gasteiger partial charge in [0.05, 0.1) is 0 Å². The maximum absolute atomic E-state index is 11.6. The van der Waals surface area contributed by atoms with Gasteiger partial charge in [0, 0.05) is 49.0 Å². The average molecular weight is 419 g/mol. The zero-order valence-corrected chi connectivity index (χ0v) is 18.8. The number of rotatable bonds is 5. The molecule has 3 aliphatic rings. The fraction of sp³-hybridized carbons (Fsp3) is 0.577. The second-order valence-corrected chi connectivity index (χ2v) is 10.0. The van der Waals surface area contributed by atoms with Gasteiger partial charge in [-0.15, -0.1) is 0 Å². The topological polar surface area (TPSA) is 49.3 Å². The summed E-state index contributed by atoms with van der Waals surface area (Å²) in [5, 5.41) is 0. The molecule has 2 unspecified atom stereocenters. The van der Waals surface area contributed by atoms with E-state index in [2.05, 4.69) is 41.1 Å². The summed E-state index contributed by atoms with van der Waals surface area (Å²) in [5.41, 5.74) is 3.65. The largest absolute Gasteiger partial charge is 0.332 e. The molecule has 5 heteroatoms. The molecule has 2 aliphatic heterocycles. The SMILES string of the molecule is CC(=O)C1CCC(Cc2ccc(-c3cnc(N4C5CCC4CN(C)C5)nc3)cc2)CC1. The summed E-state index contributed by atoms with van der Waals surface area (Å²) in [5.74, 6) is 2.28. The van der Waals surface area contributed by atoms with Crippen molar-refractivity contribution in [2.75, 3.05) is 25.0 Å². The molecule has 1 saturated carbocycles. The fourth-order valence-corrected chi connectivity index (χ4v) is 5.98. The van der Waals surface area contributed by atoms with Crippen LogP contribution in [0.15, 0.2) is 36.7 Å². The van der Waals surface area contributed by atoms with Gasteiger partial charge in [-0.1, -0.05) is 24.3 Å². The quantitative estimate of drug-likeness (QED) is 0.722. The maximum Gasteiger partial charge on any atom is 0.225 e. The minimum Gasteiger partial charge on any atom is -0.332 e. The van der Waals surface area contributed by atoms with Crippen LogP contribution < -0.4 is 4.90 Å². The average Bonchev–Trinajstić information content (AvgIpc) is 3.06. The van der Waals surface area contributed by atoms with Gasteiger partial charge in [0.2, 0.25) is 5.95 Å². The molecule has 31 heavy (non-hydrogen) atoms. The molecule has 164 valence electrons. The van der Waals surface area contributed by atoms with Crippen molar-refractivity contribution in [1.29, 1.82) is 0 Å². The van der Waals surface area contributed by atoms with Gasteiger partial charge >= 0.3 is 0 Å². The van der Waals surface area contributed by atoms with E-state index in [4.69, 9.17) is 9.97 Å². The number of piperazine rings is 1. The third kappa shape index (κ3) is 4.38. The molecule has 5 rings (SSSR count). The molecule has 3 fully saturated rings. The minimum atomic E-state index is 0.308. The Labute approximate surface area is 185 Å². The number of carbonyl (C=O) groups excluding carboxylic acids is 1. The number of ketones is 1. The van der Waals surface area contributed by atoms with Crippen molar-refractivity contribution < 1.29 is 4.79 Å². The highest BCUT2D eigenvalue weighted by atomic mass is 16.1. The van der Waals surface area contributed by atoms with Gasteiger partial charge in [0.15, 0.2) is 0 Å². The molecule has 2 atom stereocenters. The number of hydrogen-bond acceptors (Lipinski definition) is 5. The number of likely N-dealkylation sites (tertiary alicyclic amines) is 1. The van der Waals surface area contributed by atoms with Crippen molar-refractivity contribution in [2.24, 2.45) is 11.8 Å². The number of hydrogen-bond donors (Lipinski definition) is 0. The molecule has 1 aliphatic carbocycles. The second kappa shape index (κ2) is 8.70. The molecule has 0 amide bonds. The summed E-state index contributed by atoms with van der Waals surface area (Å²) in [4.78, 5) is 26.0. The van der Waals surface area contributed by atoms with Crippen LogP contribution in [-0.2, 0) is 11.2 Å². The van der Waals surface area contributed by atoms with Crippen LogP contribution >= 0.6 is 0 Å². The third-order valence-corrected chi connectivity index (χ3v) is 7.77. The standard InChI is InChI=1S/C26H34N4O/c1-18(31)21-7-3-19(4-8-21)13-20-5-9-22(10-6-20)23-14-27-26(28-15-23)30-24-11-12-25(30)17-29(2)16-24/h5-6,9-10,14-15,19,21,24-25H,3-4,7-8,11-13,16-17H2,1-2H3. The summed E-state index contributed by atoms with van der Waals surface area (Å²) in [7, 11) is 2.22. The molecule has 3 heterocycles. The Morgan fingerprint density at radius 2 is 1.52 bits per heavy atom. The van der Waals surface area contributed by atoms with Gasteiger partial charge in [-0.3, -0.25) is 4.79 Å². The predicted molar refractivity (Wildman–Crippen MR) is 124 cm³/mol. The lowest BCUT2D eigenvalue weighted by molar-refractivity contribution is -0.121. The highest BCUT2D eigenvalue weighted by Crippen LogP contribution is 2.34. The lowest BCUT2D eigenvalue weighted by atomic mass is 9.78. The molecular formula is C26H34N4O. The Hall–Kier alpha value is -2.27. The van der Waals surface area contributed by atoms with Gasteiger partial charge in [0.1, 0.15) is 5.78 Å². The van der Waals surface area contributed by atoms with E-state index in [9.17, 15) is 4.79 Å². The third-order valence-electron chi connectivity index (χ3n) is 7.77. The summed E-state index contributed by atoms with van der Waals surface area (Å²) in [6.45, 7) is 3.97. The summed E-state index contributed by atoms with van der Waals surface area (Å²) < 4.78 is 0. The Morgan fingerprint density at radius 1 is 0.903 bits per heavy atom. The Balaban J connectivity index is 1.21. The number of aromatic nitrogens is 2. The lowest BCUT2D eigenvalue weighted by Crippen LogP contribution is -2.53. The Bertz CT molecular complexity index is 888. The molecule has 2 aromatic rings. The summed E-state index contributed by atoms with van der Waals surface area (Å²) >= 11 is 0. The Morgan fingerprint density at radius 3 is 2.10 bits per heavy atom. The zero-order chi connectivity index (χ0) is 21.4. The van der Waals surface area contributed by atoms with E-state index in [-0.39, 0.29) is 0 Å². The Kier molecular flexibility index (Phi) is 5.79. The van der Waals surface area contributed by atoms with Gasteiger partial charge in [0.25, 0.3) is 0 Å². The van der Waals surface area contributed by atoms with Crippen LogP contribution in [-0.4, -0.2) is 52.9 Å². The molecule has 1 aromatic heterocycles. The number of fused-ring (bicyclic) bond motifs is 2. The monoisotopic (exact) mass is 418 g/mol. The molecule has 0 N–H and O–H groups in total. The number of likely N-dealkylation sites (N-methyl/N-ethyl adjacent to an activating group) is 1. The van der Waals surface area contributed by atoms with Gasteiger partial charge in [-0.25, -0.2) is 9.97 Å². The smallest absolute Gasteiger partial charge is 0.225 e. The molecule has 5 nitrogen and oxygen atoms in total. The first-order valence-corrected chi connectivity index (χ1v) is 12.0. The van der Waals surface area contributed by atoms with E-state index in [1.54, 1.807) is 6.92 Å². The van der Waals surface area contributed by atoms with Crippen molar-refractivity contribution in [2.45, 2.75) is 64.0 Å². The number of nitrogens with zero attached hydrogens (tertiary/aromatic N) is 4. The first-order valence-electron chi connectivity index (χ1n) is 12.0. The van der Waals surface area contributed by atoms with Crippen LogP contribution in [0.3, 0.4) is 0 Å². The molecule has 0 spiro atoms. The van der Waals surface area contributed by atoms with Crippen molar-refractivity contribution in [3.05, 3.63) is 42.2 Å². The highest BCUT2D eigenvalue weighted by Gasteiger charge is 2.40. The van der Waals surface area contributed by atoms with E-state index in [0.717, 1.165) is 43.9 Å². The van der Waals surface area contributed by atoms with Crippen molar-refractivity contribution >= 4 is 11.7 Å². The normalized spacial score (nSPS) is 28.6. The van der Waals surface area contributed by atoms with Crippen LogP contribution in [0.1, 0.15) is 51.0 Å². The molecule has 2 bridgehead atoms. The van der Waals surface area contributed by atoms with Crippen LogP contribution in [0.4, 0.5) is 5.95 Å². The highest BCUT2D eigenvalue weighted by molar-refractivity contribution is 5.78. The molecule has 2 saturated heterocycles.